The summed E-state index contributed by atoms with van der Waals surface area (Å²) in [4.78, 5) is 17.2. The summed E-state index contributed by atoms with van der Waals surface area (Å²) in [7, 11) is 0. The molecule has 1 fully saturated rings. The van der Waals surface area contributed by atoms with Gasteiger partial charge in [0.2, 0.25) is 0 Å². The summed E-state index contributed by atoms with van der Waals surface area (Å²) in [5, 5.41) is 6.13. The minimum atomic E-state index is -0.455. The third kappa shape index (κ3) is 3.79. The second-order valence-electron chi connectivity index (χ2n) is 5.91. The molecular weight excluding hydrogens is 310 g/mol. The summed E-state index contributed by atoms with van der Waals surface area (Å²) < 4.78 is 2.83. The van der Waals surface area contributed by atoms with Crippen molar-refractivity contribution in [3.05, 3.63) is 16.9 Å². The summed E-state index contributed by atoms with van der Waals surface area (Å²) >= 11 is 3.35. The highest BCUT2D eigenvalue weighted by Gasteiger charge is 2.28. The second-order valence-corrected chi connectivity index (χ2v) is 6.72. The smallest absolute Gasteiger partial charge is 0.330 e. The molecule has 0 amide bonds. The highest BCUT2D eigenvalue weighted by molar-refractivity contribution is 9.10. The number of hydrogen-bond donors (Lipinski definition) is 0. The van der Waals surface area contributed by atoms with Crippen LogP contribution in [0, 0.1) is 5.41 Å². The summed E-state index contributed by atoms with van der Waals surface area (Å²) in [5.74, 6) is -0.173. The summed E-state index contributed by atoms with van der Waals surface area (Å²) in [5.41, 5.74) is -0.455. The van der Waals surface area contributed by atoms with E-state index >= 15 is 0 Å². The van der Waals surface area contributed by atoms with Crippen molar-refractivity contribution in [2.24, 2.45) is 5.41 Å². The summed E-state index contributed by atoms with van der Waals surface area (Å²) in [6.45, 7) is 7.10. The lowest BCUT2D eigenvalue weighted by Gasteiger charge is -2.32. The Labute approximate surface area is 122 Å². The van der Waals surface area contributed by atoms with E-state index in [1.54, 1.807) is 5.06 Å². The van der Waals surface area contributed by atoms with Crippen molar-refractivity contribution in [3.63, 3.8) is 0 Å². The Balaban J connectivity index is 1.84. The first-order valence-corrected chi connectivity index (χ1v) is 7.33. The van der Waals surface area contributed by atoms with Crippen LogP contribution in [0.2, 0.25) is 0 Å². The molecule has 1 saturated heterocycles. The van der Waals surface area contributed by atoms with E-state index in [0.717, 1.165) is 30.5 Å². The van der Waals surface area contributed by atoms with Crippen molar-refractivity contribution < 1.29 is 9.63 Å². The number of rotatable bonds is 2. The molecule has 0 saturated carbocycles. The average molecular weight is 330 g/mol. The number of nitrogens with zero attached hydrogens (tertiary/aromatic N) is 3. The Bertz CT molecular complexity index is 445. The number of carbonyl (C=O) groups excluding carboxylic acids is 1. The van der Waals surface area contributed by atoms with Gasteiger partial charge in [-0.15, -0.1) is 5.06 Å². The number of halogens is 1. The number of carbonyl (C=O) groups is 1. The summed E-state index contributed by atoms with van der Waals surface area (Å²) in [6, 6.07) is 2.32. The number of piperidine rings is 1. The standard InChI is InChI=1S/C13H20BrN3O2/c1-13(2,3)12(18)19-16-7-4-10(5-8-16)17-9-6-11(14)15-17/h6,9-10H,4-5,7-8H2,1-3H3. The van der Waals surface area contributed by atoms with E-state index in [-0.39, 0.29) is 5.97 Å². The maximum atomic E-state index is 11.8. The molecule has 0 radical (unpaired) electrons. The Morgan fingerprint density at radius 1 is 1.42 bits per heavy atom. The molecule has 2 heterocycles. The van der Waals surface area contributed by atoms with Gasteiger partial charge in [-0.2, -0.15) is 5.10 Å². The minimum absolute atomic E-state index is 0.173. The molecule has 0 spiro atoms. The van der Waals surface area contributed by atoms with E-state index in [9.17, 15) is 4.79 Å². The lowest BCUT2D eigenvalue weighted by Crippen LogP contribution is -2.39. The molecule has 5 nitrogen and oxygen atoms in total. The van der Waals surface area contributed by atoms with Gasteiger partial charge in [-0.25, -0.2) is 4.79 Å². The molecule has 19 heavy (non-hydrogen) atoms. The average Bonchev–Trinajstić information content (AvgIpc) is 2.75. The molecule has 0 unspecified atom stereocenters. The van der Waals surface area contributed by atoms with Gasteiger partial charge < -0.3 is 4.84 Å². The van der Waals surface area contributed by atoms with Crippen molar-refractivity contribution >= 4 is 21.9 Å². The molecular formula is C13H20BrN3O2. The maximum absolute atomic E-state index is 11.8. The lowest BCUT2D eigenvalue weighted by atomic mass is 9.98. The second kappa shape index (κ2) is 5.63. The van der Waals surface area contributed by atoms with Gasteiger partial charge >= 0.3 is 5.97 Å². The Kier molecular flexibility index (Phi) is 4.30. The molecule has 106 valence electrons. The van der Waals surface area contributed by atoms with E-state index in [2.05, 4.69) is 21.0 Å². The van der Waals surface area contributed by atoms with Crippen molar-refractivity contribution in [3.8, 4) is 0 Å². The fourth-order valence-electron chi connectivity index (χ4n) is 1.97. The fourth-order valence-corrected chi connectivity index (χ4v) is 2.27. The maximum Gasteiger partial charge on any atom is 0.330 e. The van der Waals surface area contributed by atoms with Gasteiger partial charge in [-0.05, 0) is 55.6 Å². The molecule has 1 aromatic heterocycles. The van der Waals surface area contributed by atoms with Crippen LogP contribution in [0.5, 0.6) is 0 Å². The van der Waals surface area contributed by atoms with E-state index in [1.807, 2.05) is 37.7 Å². The van der Waals surface area contributed by atoms with Gasteiger partial charge in [-0.3, -0.25) is 4.68 Å². The van der Waals surface area contributed by atoms with E-state index < -0.39 is 5.41 Å². The fraction of sp³-hybridized carbons (Fsp3) is 0.692. The van der Waals surface area contributed by atoms with Gasteiger partial charge in [0.1, 0.15) is 4.60 Å². The van der Waals surface area contributed by atoms with E-state index in [0.29, 0.717) is 6.04 Å². The zero-order valence-corrected chi connectivity index (χ0v) is 13.2. The predicted octanol–water partition coefficient (Wildman–Crippen LogP) is 2.79. The zero-order chi connectivity index (χ0) is 14.0. The van der Waals surface area contributed by atoms with Crippen molar-refractivity contribution in [1.29, 1.82) is 0 Å². The van der Waals surface area contributed by atoms with Crippen LogP contribution in [0.1, 0.15) is 39.7 Å². The molecule has 0 bridgehead atoms. The van der Waals surface area contributed by atoms with Crippen LogP contribution < -0.4 is 0 Å². The van der Waals surface area contributed by atoms with Gasteiger partial charge in [0.05, 0.1) is 11.5 Å². The van der Waals surface area contributed by atoms with Gasteiger partial charge in [0, 0.05) is 19.3 Å². The van der Waals surface area contributed by atoms with E-state index in [4.69, 9.17) is 4.84 Å². The number of hydroxylamine groups is 2. The van der Waals surface area contributed by atoms with Crippen LogP contribution in [0.4, 0.5) is 0 Å². The SMILES string of the molecule is CC(C)(C)C(=O)ON1CCC(n2ccc(Br)n2)CC1. The van der Waals surface area contributed by atoms with Crippen LogP contribution in [0.3, 0.4) is 0 Å². The zero-order valence-electron chi connectivity index (χ0n) is 11.6. The molecule has 0 aromatic carbocycles. The van der Waals surface area contributed by atoms with Crippen LogP contribution >= 0.6 is 15.9 Å². The largest absolute Gasteiger partial charge is 0.367 e. The minimum Gasteiger partial charge on any atom is -0.367 e. The molecule has 2 rings (SSSR count). The predicted molar refractivity (Wildman–Crippen MR) is 75.3 cm³/mol. The number of hydrogen-bond acceptors (Lipinski definition) is 4. The van der Waals surface area contributed by atoms with Crippen molar-refractivity contribution in [2.45, 2.75) is 39.7 Å². The van der Waals surface area contributed by atoms with E-state index in [1.165, 1.54) is 0 Å². The molecule has 1 aliphatic heterocycles. The Hall–Kier alpha value is -0.880. The highest BCUT2D eigenvalue weighted by atomic mass is 79.9. The molecule has 0 N–H and O–H groups in total. The Morgan fingerprint density at radius 3 is 2.53 bits per heavy atom. The first-order valence-electron chi connectivity index (χ1n) is 6.54. The van der Waals surface area contributed by atoms with Gasteiger partial charge in [0.15, 0.2) is 0 Å². The van der Waals surface area contributed by atoms with Crippen molar-refractivity contribution in [2.75, 3.05) is 13.1 Å². The topological polar surface area (TPSA) is 47.4 Å². The molecule has 0 atom stereocenters. The van der Waals surface area contributed by atoms with Crippen LogP contribution in [0.25, 0.3) is 0 Å². The molecule has 1 aliphatic rings. The number of aromatic nitrogens is 2. The molecule has 6 heteroatoms. The quantitative estimate of drug-likeness (QED) is 0.837. The van der Waals surface area contributed by atoms with Crippen LogP contribution in [0.15, 0.2) is 16.9 Å². The van der Waals surface area contributed by atoms with Crippen LogP contribution in [-0.4, -0.2) is 33.9 Å². The monoisotopic (exact) mass is 329 g/mol. The van der Waals surface area contributed by atoms with Gasteiger partial charge in [-0.1, -0.05) is 0 Å². The molecule has 1 aromatic rings. The first-order chi connectivity index (χ1) is 8.86. The van der Waals surface area contributed by atoms with Crippen molar-refractivity contribution in [1.82, 2.24) is 14.8 Å². The Morgan fingerprint density at radius 2 is 2.05 bits per heavy atom. The first kappa shape index (κ1) is 14.5. The van der Waals surface area contributed by atoms with Crippen LogP contribution in [-0.2, 0) is 9.63 Å². The molecule has 0 aliphatic carbocycles. The lowest BCUT2D eigenvalue weighted by molar-refractivity contribution is -0.205. The van der Waals surface area contributed by atoms with Gasteiger partial charge in [0.25, 0.3) is 0 Å². The normalized spacial score (nSPS) is 18.5. The summed E-state index contributed by atoms with van der Waals surface area (Å²) in [6.07, 6.45) is 3.85. The third-order valence-electron chi connectivity index (χ3n) is 3.20. The highest BCUT2D eigenvalue weighted by Crippen LogP contribution is 2.24. The third-order valence-corrected chi connectivity index (χ3v) is 3.62.